The molecule has 4 heteroatoms. The van der Waals surface area contributed by atoms with Gasteiger partial charge in [0.05, 0.1) is 18.5 Å². The first-order valence-corrected chi connectivity index (χ1v) is 8.01. The van der Waals surface area contributed by atoms with E-state index in [1.807, 2.05) is 61.5 Å². The molecule has 0 saturated heterocycles. The van der Waals surface area contributed by atoms with Crippen LogP contribution in [0.3, 0.4) is 0 Å². The maximum absolute atomic E-state index is 12.0. The van der Waals surface area contributed by atoms with Crippen molar-refractivity contribution in [2.24, 2.45) is 0 Å². The van der Waals surface area contributed by atoms with E-state index >= 15 is 0 Å². The van der Waals surface area contributed by atoms with E-state index in [1.165, 1.54) is 0 Å². The van der Waals surface area contributed by atoms with Crippen LogP contribution in [-0.4, -0.2) is 24.0 Å². The molecule has 1 aromatic heterocycles. The monoisotopic (exact) mass is 320 g/mol. The van der Waals surface area contributed by atoms with Crippen LogP contribution in [0, 0.1) is 6.92 Å². The quantitative estimate of drug-likeness (QED) is 0.709. The number of ether oxygens (including phenoxy) is 1. The minimum absolute atomic E-state index is 0.00983. The largest absolute Gasteiger partial charge is 0.492 e. The fourth-order valence-corrected chi connectivity index (χ4v) is 2.55. The highest BCUT2D eigenvalue weighted by Crippen LogP contribution is 2.18. The predicted molar refractivity (Wildman–Crippen MR) is 95.1 cm³/mol. The van der Waals surface area contributed by atoms with Crippen LogP contribution >= 0.6 is 0 Å². The molecular weight excluding hydrogens is 300 g/mol. The van der Waals surface area contributed by atoms with Crippen molar-refractivity contribution in [1.82, 2.24) is 10.3 Å². The van der Waals surface area contributed by atoms with Crippen molar-refractivity contribution in [2.75, 3.05) is 13.2 Å². The SMILES string of the molecule is Cc1ccccc1CC(=O)NCCOc1ccc2ncccc2c1. The van der Waals surface area contributed by atoms with E-state index in [1.54, 1.807) is 6.20 Å². The molecule has 4 nitrogen and oxygen atoms in total. The second-order valence-corrected chi connectivity index (χ2v) is 5.66. The van der Waals surface area contributed by atoms with Gasteiger partial charge >= 0.3 is 0 Å². The summed E-state index contributed by atoms with van der Waals surface area (Å²) in [7, 11) is 0. The van der Waals surface area contributed by atoms with Crippen molar-refractivity contribution in [3.05, 3.63) is 71.9 Å². The van der Waals surface area contributed by atoms with E-state index in [4.69, 9.17) is 4.74 Å². The summed E-state index contributed by atoms with van der Waals surface area (Å²) < 4.78 is 5.70. The van der Waals surface area contributed by atoms with Gasteiger partial charge in [-0.25, -0.2) is 0 Å². The summed E-state index contributed by atoms with van der Waals surface area (Å²) in [6, 6.07) is 17.6. The van der Waals surface area contributed by atoms with E-state index in [0.717, 1.165) is 27.8 Å². The van der Waals surface area contributed by atoms with Crippen molar-refractivity contribution in [3.63, 3.8) is 0 Å². The summed E-state index contributed by atoms with van der Waals surface area (Å²) >= 11 is 0. The Bertz CT molecular complexity index is 846. The lowest BCUT2D eigenvalue weighted by atomic mass is 10.1. The molecule has 24 heavy (non-hydrogen) atoms. The van der Waals surface area contributed by atoms with E-state index < -0.39 is 0 Å². The number of nitrogens with one attached hydrogen (secondary N) is 1. The number of benzene rings is 2. The molecular formula is C20H20N2O2. The second-order valence-electron chi connectivity index (χ2n) is 5.66. The summed E-state index contributed by atoms with van der Waals surface area (Å²) in [6.45, 7) is 2.93. The number of carbonyl (C=O) groups is 1. The first-order chi connectivity index (χ1) is 11.7. The molecule has 0 saturated carbocycles. The molecule has 122 valence electrons. The van der Waals surface area contributed by atoms with Crippen molar-refractivity contribution >= 4 is 16.8 Å². The fraction of sp³-hybridized carbons (Fsp3) is 0.200. The lowest BCUT2D eigenvalue weighted by Crippen LogP contribution is -2.29. The minimum atomic E-state index is 0.00983. The van der Waals surface area contributed by atoms with Crippen LogP contribution in [0.5, 0.6) is 5.75 Å². The number of aryl methyl sites for hydroxylation is 1. The van der Waals surface area contributed by atoms with Crippen LogP contribution in [0.15, 0.2) is 60.8 Å². The zero-order valence-corrected chi connectivity index (χ0v) is 13.7. The van der Waals surface area contributed by atoms with Gasteiger partial charge in [-0.15, -0.1) is 0 Å². The number of amides is 1. The maximum Gasteiger partial charge on any atom is 0.224 e. The normalized spacial score (nSPS) is 10.5. The van der Waals surface area contributed by atoms with Gasteiger partial charge in [0.1, 0.15) is 12.4 Å². The van der Waals surface area contributed by atoms with Crippen LogP contribution in [0.2, 0.25) is 0 Å². The molecule has 0 unspecified atom stereocenters. The molecule has 0 bridgehead atoms. The number of nitrogens with zero attached hydrogens (tertiary/aromatic N) is 1. The minimum Gasteiger partial charge on any atom is -0.492 e. The molecule has 0 radical (unpaired) electrons. The van der Waals surface area contributed by atoms with E-state index in [-0.39, 0.29) is 5.91 Å². The van der Waals surface area contributed by atoms with Crippen LogP contribution in [0.1, 0.15) is 11.1 Å². The molecule has 1 amide bonds. The van der Waals surface area contributed by atoms with Crippen LogP contribution in [0.25, 0.3) is 10.9 Å². The van der Waals surface area contributed by atoms with Crippen LogP contribution in [-0.2, 0) is 11.2 Å². The van der Waals surface area contributed by atoms with Gasteiger partial charge < -0.3 is 10.1 Å². The van der Waals surface area contributed by atoms with Crippen LogP contribution in [0.4, 0.5) is 0 Å². The highest BCUT2D eigenvalue weighted by Gasteiger charge is 2.05. The zero-order chi connectivity index (χ0) is 16.8. The third-order valence-corrected chi connectivity index (χ3v) is 3.88. The number of pyridine rings is 1. The van der Waals surface area contributed by atoms with Gasteiger partial charge in [-0.3, -0.25) is 9.78 Å². The Labute approximate surface area is 141 Å². The second kappa shape index (κ2) is 7.59. The van der Waals surface area contributed by atoms with Crippen molar-refractivity contribution < 1.29 is 9.53 Å². The lowest BCUT2D eigenvalue weighted by molar-refractivity contribution is -0.120. The Morgan fingerprint density at radius 1 is 1.12 bits per heavy atom. The number of hydrogen-bond donors (Lipinski definition) is 1. The van der Waals surface area contributed by atoms with Crippen LogP contribution < -0.4 is 10.1 Å². The first kappa shape index (κ1) is 16.0. The predicted octanol–water partition coefficient (Wildman–Crippen LogP) is 3.28. The molecule has 0 fully saturated rings. The first-order valence-electron chi connectivity index (χ1n) is 8.01. The average molecular weight is 320 g/mol. The Kier molecular flexibility index (Phi) is 5.06. The van der Waals surface area contributed by atoms with Gasteiger partial charge in [0.25, 0.3) is 0 Å². The molecule has 0 aliphatic rings. The van der Waals surface area contributed by atoms with Crippen molar-refractivity contribution in [3.8, 4) is 5.75 Å². The molecule has 3 rings (SSSR count). The standard InChI is InChI=1S/C20H20N2O2/c1-15-5-2-3-6-16(15)14-20(23)22-11-12-24-18-8-9-19-17(13-18)7-4-10-21-19/h2-10,13H,11-12,14H2,1H3,(H,22,23). The number of hydrogen-bond acceptors (Lipinski definition) is 3. The zero-order valence-electron chi connectivity index (χ0n) is 13.7. The summed E-state index contributed by atoms with van der Waals surface area (Å²) in [5, 5.41) is 3.93. The molecule has 0 spiro atoms. The number of fused-ring (bicyclic) bond motifs is 1. The Morgan fingerprint density at radius 2 is 2.00 bits per heavy atom. The van der Waals surface area contributed by atoms with Gasteiger partial charge in [-0.1, -0.05) is 30.3 Å². The number of carbonyl (C=O) groups excluding carboxylic acids is 1. The van der Waals surface area contributed by atoms with Gasteiger partial charge in [-0.05, 0) is 42.3 Å². The third kappa shape index (κ3) is 4.10. The van der Waals surface area contributed by atoms with Crippen molar-refractivity contribution in [1.29, 1.82) is 0 Å². The highest BCUT2D eigenvalue weighted by molar-refractivity contribution is 5.80. The summed E-state index contributed by atoms with van der Waals surface area (Å²) in [5.74, 6) is 0.791. The Balaban J connectivity index is 1.46. The number of aromatic nitrogens is 1. The molecule has 0 aliphatic heterocycles. The third-order valence-electron chi connectivity index (χ3n) is 3.88. The molecule has 2 aromatic carbocycles. The Morgan fingerprint density at radius 3 is 2.88 bits per heavy atom. The summed E-state index contributed by atoms with van der Waals surface area (Å²) in [5.41, 5.74) is 3.13. The molecule has 0 aliphatic carbocycles. The van der Waals surface area contributed by atoms with E-state index in [0.29, 0.717) is 19.6 Å². The van der Waals surface area contributed by atoms with Gasteiger partial charge in [0, 0.05) is 11.6 Å². The molecule has 3 aromatic rings. The van der Waals surface area contributed by atoms with Gasteiger partial charge in [-0.2, -0.15) is 0 Å². The molecule has 1 N–H and O–H groups in total. The van der Waals surface area contributed by atoms with E-state index in [9.17, 15) is 4.79 Å². The van der Waals surface area contributed by atoms with Gasteiger partial charge in [0.15, 0.2) is 0 Å². The smallest absolute Gasteiger partial charge is 0.224 e. The molecule has 0 atom stereocenters. The van der Waals surface area contributed by atoms with Crippen molar-refractivity contribution in [2.45, 2.75) is 13.3 Å². The average Bonchev–Trinajstić information content (AvgIpc) is 2.60. The van der Waals surface area contributed by atoms with E-state index in [2.05, 4.69) is 10.3 Å². The fourth-order valence-electron chi connectivity index (χ4n) is 2.55. The summed E-state index contributed by atoms with van der Waals surface area (Å²) in [4.78, 5) is 16.3. The topological polar surface area (TPSA) is 51.2 Å². The number of rotatable bonds is 6. The maximum atomic E-state index is 12.0. The van der Waals surface area contributed by atoms with Gasteiger partial charge in [0.2, 0.25) is 5.91 Å². The summed E-state index contributed by atoms with van der Waals surface area (Å²) in [6.07, 6.45) is 2.17. The molecule has 1 heterocycles. The Hall–Kier alpha value is -2.88. The lowest BCUT2D eigenvalue weighted by Gasteiger charge is -2.09. The highest BCUT2D eigenvalue weighted by atomic mass is 16.5.